The lowest BCUT2D eigenvalue weighted by Crippen LogP contribution is -2.16. The Bertz CT molecular complexity index is 1350. The zero-order chi connectivity index (χ0) is 24.4. The Hall–Kier alpha value is -4.08. The standard InChI is InChI=1S/C24H27FN8O/c1-13(2)29-22-14(3)8-16(10-27-22)24(34)31-17-6-7-19(25)18(9-17)15(4)30-21-12-26-20-11-28-33(5)23(20)32-21/h6-13,15H,1-5H3,(H,27,29)(H,30,32)(H,31,34)/t15-/m0/s1. The molecule has 4 rings (SSSR count). The van der Waals surface area contributed by atoms with Crippen LogP contribution in [0.3, 0.4) is 0 Å². The van der Waals surface area contributed by atoms with Crippen molar-refractivity contribution in [2.45, 2.75) is 39.8 Å². The number of halogens is 1. The Balaban J connectivity index is 1.50. The van der Waals surface area contributed by atoms with Gasteiger partial charge in [0.15, 0.2) is 5.65 Å². The van der Waals surface area contributed by atoms with Crippen molar-refractivity contribution in [3.8, 4) is 0 Å². The van der Waals surface area contributed by atoms with Crippen LogP contribution in [0.2, 0.25) is 0 Å². The van der Waals surface area contributed by atoms with Crippen molar-refractivity contribution < 1.29 is 9.18 Å². The molecular weight excluding hydrogens is 435 g/mol. The highest BCUT2D eigenvalue weighted by molar-refractivity contribution is 6.04. The van der Waals surface area contributed by atoms with E-state index >= 15 is 0 Å². The van der Waals surface area contributed by atoms with E-state index in [0.29, 0.717) is 33.8 Å². The smallest absolute Gasteiger partial charge is 0.257 e. The predicted octanol–water partition coefficient (Wildman–Crippen LogP) is 4.45. The first-order chi connectivity index (χ1) is 16.2. The third-order valence-electron chi connectivity index (χ3n) is 5.29. The Kier molecular flexibility index (Phi) is 6.40. The SMILES string of the molecule is Cc1cc(C(=O)Nc2ccc(F)c([C@H](C)Nc3cnc4cnn(C)c4n3)c2)cnc1NC(C)C. The largest absolute Gasteiger partial charge is 0.368 e. The fourth-order valence-corrected chi connectivity index (χ4v) is 3.56. The minimum atomic E-state index is -0.429. The normalized spacial score (nSPS) is 12.1. The quantitative estimate of drug-likeness (QED) is 0.372. The monoisotopic (exact) mass is 462 g/mol. The number of nitrogens with one attached hydrogen (secondary N) is 3. The maximum Gasteiger partial charge on any atom is 0.257 e. The first-order valence-corrected chi connectivity index (χ1v) is 11.0. The van der Waals surface area contributed by atoms with E-state index in [1.165, 1.54) is 18.3 Å². The van der Waals surface area contributed by atoms with E-state index in [1.807, 2.05) is 27.7 Å². The minimum absolute atomic E-state index is 0.233. The van der Waals surface area contributed by atoms with E-state index in [1.54, 1.807) is 36.3 Å². The number of fused-ring (bicyclic) bond motifs is 1. The number of pyridine rings is 1. The number of amides is 1. The molecule has 176 valence electrons. The number of aromatic nitrogens is 5. The third kappa shape index (κ3) is 4.95. The molecule has 34 heavy (non-hydrogen) atoms. The van der Waals surface area contributed by atoms with Gasteiger partial charge in [-0.05, 0) is 57.5 Å². The van der Waals surface area contributed by atoms with Crippen LogP contribution < -0.4 is 16.0 Å². The van der Waals surface area contributed by atoms with E-state index in [4.69, 9.17) is 0 Å². The van der Waals surface area contributed by atoms with Crippen LogP contribution in [0.15, 0.2) is 42.9 Å². The molecule has 0 unspecified atom stereocenters. The van der Waals surface area contributed by atoms with E-state index in [9.17, 15) is 9.18 Å². The molecule has 1 aromatic carbocycles. The summed E-state index contributed by atoms with van der Waals surface area (Å²) in [5, 5.41) is 13.4. The molecule has 0 aliphatic heterocycles. The van der Waals surface area contributed by atoms with Gasteiger partial charge in [-0.2, -0.15) is 5.10 Å². The number of benzene rings is 1. The van der Waals surface area contributed by atoms with Gasteiger partial charge in [0.2, 0.25) is 0 Å². The summed E-state index contributed by atoms with van der Waals surface area (Å²) in [7, 11) is 1.78. The lowest BCUT2D eigenvalue weighted by atomic mass is 10.1. The van der Waals surface area contributed by atoms with E-state index in [0.717, 1.165) is 11.4 Å². The van der Waals surface area contributed by atoms with Gasteiger partial charge in [-0.25, -0.2) is 24.0 Å². The van der Waals surface area contributed by atoms with Crippen molar-refractivity contribution in [1.82, 2.24) is 24.7 Å². The molecule has 3 N–H and O–H groups in total. The average molecular weight is 463 g/mol. The Morgan fingerprint density at radius 2 is 1.85 bits per heavy atom. The number of anilines is 3. The summed E-state index contributed by atoms with van der Waals surface area (Å²) in [6, 6.07) is 6.04. The lowest BCUT2D eigenvalue weighted by molar-refractivity contribution is 0.102. The number of carbonyl (C=O) groups excluding carboxylic acids is 1. The van der Waals surface area contributed by atoms with Gasteiger partial charge in [-0.3, -0.25) is 4.79 Å². The van der Waals surface area contributed by atoms with Crippen LogP contribution in [0.1, 0.15) is 48.3 Å². The molecule has 3 aromatic heterocycles. The van der Waals surface area contributed by atoms with Crippen molar-refractivity contribution in [3.63, 3.8) is 0 Å². The summed E-state index contributed by atoms with van der Waals surface area (Å²) in [5.74, 6) is 0.517. The molecule has 0 aliphatic carbocycles. The average Bonchev–Trinajstić information content (AvgIpc) is 3.16. The van der Waals surface area contributed by atoms with E-state index < -0.39 is 11.9 Å². The third-order valence-corrected chi connectivity index (χ3v) is 5.29. The molecule has 3 heterocycles. The van der Waals surface area contributed by atoms with Crippen molar-refractivity contribution >= 4 is 34.4 Å². The molecule has 10 heteroatoms. The number of rotatable bonds is 7. The zero-order valence-corrected chi connectivity index (χ0v) is 19.7. The molecule has 0 saturated carbocycles. The van der Waals surface area contributed by atoms with Crippen LogP contribution in [-0.4, -0.2) is 36.7 Å². The fraction of sp³-hybridized carbons (Fsp3) is 0.292. The molecule has 0 saturated heterocycles. The van der Waals surface area contributed by atoms with Gasteiger partial charge in [0.1, 0.15) is 23.0 Å². The van der Waals surface area contributed by atoms with Crippen LogP contribution in [0.5, 0.6) is 0 Å². The fourth-order valence-electron chi connectivity index (χ4n) is 3.56. The first-order valence-electron chi connectivity index (χ1n) is 11.0. The highest BCUT2D eigenvalue weighted by Crippen LogP contribution is 2.25. The summed E-state index contributed by atoms with van der Waals surface area (Å²) in [5.41, 5.74) is 3.45. The number of hydrogen-bond acceptors (Lipinski definition) is 7. The van der Waals surface area contributed by atoms with Crippen LogP contribution in [-0.2, 0) is 7.05 Å². The second kappa shape index (κ2) is 9.42. The molecule has 0 fully saturated rings. The Morgan fingerprint density at radius 3 is 2.59 bits per heavy atom. The van der Waals surface area contributed by atoms with Gasteiger partial charge in [0, 0.05) is 30.5 Å². The van der Waals surface area contributed by atoms with Crippen molar-refractivity contribution in [1.29, 1.82) is 0 Å². The van der Waals surface area contributed by atoms with Crippen LogP contribution in [0.4, 0.5) is 21.7 Å². The highest BCUT2D eigenvalue weighted by Gasteiger charge is 2.16. The lowest BCUT2D eigenvalue weighted by Gasteiger charge is -2.17. The molecular formula is C24H27FN8O. The zero-order valence-electron chi connectivity index (χ0n) is 19.7. The maximum absolute atomic E-state index is 14.6. The Morgan fingerprint density at radius 1 is 1.06 bits per heavy atom. The van der Waals surface area contributed by atoms with E-state index in [-0.39, 0.29) is 11.9 Å². The molecule has 0 aliphatic rings. The minimum Gasteiger partial charge on any atom is -0.368 e. The number of carbonyl (C=O) groups is 1. The summed E-state index contributed by atoms with van der Waals surface area (Å²) in [4.78, 5) is 25.9. The van der Waals surface area contributed by atoms with Gasteiger partial charge in [0.25, 0.3) is 5.91 Å². The highest BCUT2D eigenvalue weighted by atomic mass is 19.1. The van der Waals surface area contributed by atoms with E-state index in [2.05, 4.69) is 36.0 Å². The van der Waals surface area contributed by atoms with Crippen LogP contribution in [0, 0.1) is 12.7 Å². The summed E-state index contributed by atoms with van der Waals surface area (Å²) < 4.78 is 16.3. The van der Waals surface area contributed by atoms with Gasteiger partial charge in [0.05, 0.1) is 24.0 Å². The number of nitrogens with zero attached hydrogens (tertiary/aromatic N) is 5. The molecule has 4 aromatic rings. The predicted molar refractivity (Wildman–Crippen MR) is 130 cm³/mol. The molecule has 9 nitrogen and oxygen atoms in total. The number of hydrogen-bond donors (Lipinski definition) is 3. The molecule has 0 radical (unpaired) electrons. The second-order valence-corrected chi connectivity index (χ2v) is 8.48. The van der Waals surface area contributed by atoms with Crippen LogP contribution in [0.25, 0.3) is 11.2 Å². The number of aryl methyl sites for hydroxylation is 2. The molecule has 1 amide bonds. The maximum atomic E-state index is 14.6. The first kappa shape index (κ1) is 23.1. The van der Waals surface area contributed by atoms with Crippen molar-refractivity contribution in [2.75, 3.05) is 16.0 Å². The molecule has 1 atom stereocenters. The van der Waals surface area contributed by atoms with Crippen LogP contribution >= 0.6 is 0 Å². The van der Waals surface area contributed by atoms with Gasteiger partial charge >= 0.3 is 0 Å². The molecule has 0 bridgehead atoms. The summed E-state index contributed by atoms with van der Waals surface area (Å²) in [6.45, 7) is 7.75. The van der Waals surface area contributed by atoms with Crippen molar-refractivity contribution in [2.24, 2.45) is 7.05 Å². The second-order valence-electron chi connectivity index (χ2n) is 8.48. The van der Waals surface area contributed by atoms with Gasteiger partial charge in [-0.1, -0.05) is 0 Å². The van der Waals surface area contributed by atoms with Crippen molar-refractivity contribution in [3.05, 3.63) is 65.4 Å². The Labute approximate surface area is 196 Å². The summed E-state index contributed by atoms with van der Waals surface area (Å²) in [6.07, 6.45) is 4.73. The topological polar surface area (TPSA) is 110 Å². The molecule has 0 spiro atoms. The summed E-state index contributed by atoms with van der Waals surface area (Å²) >= 11 is 0. The van der Waals surface area contributed by atoms with Gasteiger partial charge < -0.3 is 16.0 Å². The van der Waals surface area contributed by atoms with Gasteiger partial charge in [-0.15, -0.1) is 0 Å².